The Balaban J connectivity index is 1.38. The van der Waals surface area contributed by atoms with Crippen LogP contribution in [0.15, 0.2) is 48.9 Å². The van der Waals surface area contributed by atoms with Crippen molar-refractivity contribution in [3.63, 3.8) is 0 Å². The van der Waals surface area contributed by atoms with Gasteiger partial charge in [-0.15, -0.1) is 0 Å². The Morgan fingerprint density at radius 3 is 2.75 bits per heavy atom. The Morgan fingerprint density at radius 1 is 1.18 bits per heavy atom. The average Bonchev–Trinajstić information content (AvgIpc) is 3.08. The van der Waals surface area contributed by atoms with Crippen LogP contribution in [0, 0.1) is 0 Å². The van der Waals surface area contributed by atoms with Gasteiger partial charge in [0, 0.05) is 25.8 Å². The second kappa shape index (κ2) is 8.26. The van der Waals surface area contributed by atoms with E-state index in [2.05, 4.69) is 25.7 Å². The summed E-state index contributed by atoms with van der Waals surface area (Å²) in [6.07, 6.45) is 6.01. The maximum Gasteiger partial charge on any atom is 0.244 e. The lowest BCUT2D eigenvalue weighted by Gasteiger charge is -2.30. The molecule has 2 aromatic heterocycles. The molecule has 2 N–H and O–H groups in total. The molecular weight excluding hydrogens is 378 g/mol. The van der Waals surface area contributed by atoms with Gasteiger partial charge in [0.05, 0.1) is 18.1 Å². The molecule has 0 radical (unpaired) electrons. The van der Waals surface area contributed by atoms with E-state index in [4.69, 9.17) is 11.6 Å². The highest BCUT2D eigenvalue weighted by molar-refractivity contribution is 6.32. The number of carbonyl (C=O) groups excluding carboxylic acids is 1. The molecule has 1 saturated heterocycles. The summed E-state index contributed by atoms with van der Waals surface area (Å²) in [5.41, 5.74) is 1.83. The van der Waals surface area contributed by atoms with Crippen LogP contribution in [0.1, 0.15) is 12.0 Å². The number of hydrogen-bond acceptors (Lipinski definition) is 6. The van der Waals surface area contributed by atoms with Crippen molar-refractivity contribution in [1.29, 1.82) is 0 Å². The van der Waals surface area contributed by atoms with Gasteiger partial charge in [0.25, 0.3) is 0 Å². The zero-order valence-corrected chi connectivity index (χ0v) is 15.9. The minimum atomic E-state index is 0.0797. The van der Waals surface area contributed by atoms with Crippen molar-refractivity contribution in [1.82, 2.24) is 24.6 Å². The number of likely N-dealkylation sites (tertiary alicyclic amines) is 1. The Bertz CT molecular complexity index is 956. The summed E-state index contributed by atoms with van der Waals surface area (Å²) in [4.78, 5) is 22.5. The van der Waals surface area contributed by atoms with Gasteiger partial charge in [-0.1, -0.05) is 41.9 Å². The van der Waals surface area contributed by atoms with Crippen LogP contribution in [0.25, 0.3) is 0 Å². The third kappa shape index (κ3) is 4.40. The first-order valence-electron chi connectivity index (χ1n) is 9.05. The lowest BCUT2D eigenvalue weighted by Crippen LogP contribution is -2.43. The van der Waals surface area contributed by atoms with E-state index in [0.717, 1.165) is 25.1 Å². The molecule has 0 atom stereocenters. The fraction of sp³-hybridized carbons (Fsp3) is 0.263. The lowest BCUT2D eigenvalue weighted by atomic mass is 10.2. The molecular formula is C19H20ClN7O. The molecule has 3 aromatic rings. The number of aromatic nitrogens is 4. The Labute approximate surface area is 167 Å². The molecule has 1 fully saturated rings. The first-order valence-corrected chi connectivity index (χ1v) is 9.43. The van der Waals surface area contributed by atoms with Crippen molar-refractivity contribution in [3.05, 3.63) is 59.5 Å². The number of nitrogens with one attached hydrogen (secondary N) is 2. The van der Waals surface area contributed by atoms with E-state index in [1.165, 1.54) is 0 Å². The van der Waals surface area contributed by atoms with Crippen LogP contribution in [0.5, 0.6) is 0 Å². The number of amides is 1. The normalized spacial score (nSPS) is 13.1. The van der Waals surface area contributed by atoms with Crippen molar-refractivity contribution >= 4 is 35.0 Å². The molecule has 8 nitrogen and oxygen atoms in total. The summed E-state index contributed by atoms with van der Waals surface area (Å²) in [7, 11) is 0. The zero-order chi connectivity index (χ0) is 19.3. The molecule has 0 unspecified atom stereocenters. The molecule has 1 aliphatic rings. The number of anilines is 3. The summed E-state index contributed by atoms with van der Waals surface area (Å²) in [5, 5.41) is 11.0. The van der Waals surface area contributed by atoms with Crippen LogP contribution < -0.4 is 10.6 Å². The smallest absolute Gasteiger partial charge is 0.244 e. The Kier molecular flexibility index (Phi) is 5.38. The van der Waals surface area contributed by atoms with Gasteiger partial charge in [0.1, 0.15) is 11.6 Å². The highest BCUT2D eigenvalue weighted by Crippen LogP contribution is 2.22. The summed E-state index contributed by atoms with van der Waals surface area (Å²) in [6.45, 7) is 2.51. The van der Waals surface area contributed by atoms with E-state index in [0.29, 0.717) is 29.0 Å². The molecule has 0 spiro atoms. The van der Waals surface area contributed by atoms with E-state index < -0.39 is 0 Å². The number of carbonyl (C=O) groups is 1. The third-order valence-corrected chi connectivity index (χ3v) is 4.72. The standard InChI is InChI=1S/C19H20ClN7O/c20-16-11-22-19(25-18(16)21-9-14-5-2-1-3-6-14)24-15-10-23-27(12-15)13-17(28)26-7-4-8-26/h1-3,5-6,10-12H,4,7-9,13H2,(H2,21,22,24,25). The number of halogens is 1. The SMILES string of the molecule is O=C(Cn1cc(Nc2ncc(Cl)c(NCc3ccccc3)n2)cn1)N1CCC1. The van der Waals surface area contributed by atoms with Crippen LogP contribution >= 0.6 is 11.6 Å². The monoisotopic (exact) mass is 397 g/mol. The average molecular weight is 398 g/mol. The van der Waals surface area contributed by atoms with Gasteiger partial charge in [0.15, 0.2) is 5.82 Å². The highest BCUT2D eigenvalue weighted by Gasteiger charge is 2.20. The third-order valence-electron chi connectivity index (χ3n) is 4.44. The van der Waals surface area contributed by atoms with Gasteiger partial charge < -0.3 is 15.5 Å². The van der Waals surface area contributed by atoms with Gasteiger partial charge in [-0.2, -0.15) is 10.1 Å². The Hall–Kier alpha value is -3.13. The second-order valence-corrected chi connectivity index (χ2v) is 6.92. The van der Waals surface area contributed by atoms with Crippen molar-refractivity contribution in [2.75, 3.05) is 23.7 Å². The van der Waals surface area contributed by atoms with E-state index in [9.17, 15) is 4.79 Å². The molecule has 144 valence electrons. The van der Waals surface area contributed by atoms with Crippen LogP contribution in [-0.2, 0) is 17.9 Å². The Morgan fingerprint density at radius 2 is 2.00 bits per heavy atom. The van der Waals surface area contributed by atoms with Crippen molar-refractivity contribution in [2.24, 2.45) is 0 Å². The minimum absolute atomic E-state index is 0.0797. The molecule has 3 heterocycles. The van der Waals surface area contributed by atoms with Gasteiger partial charge in [-0.25, -0.2) is 4.98 Å². The first-order chi connectivity index (χ1) is 13.7. The number of hydrogen-bond donors (Lipinski definition) is 2. The fourth-order valence-electron chi connectivity index (χ4n) is 2.78. The summed E-state index contributed by atoms with van der Waals surface area (Å²) in [6, 6.07) is 9.99. The lowest BCUT2D eigenvalue weighted by molar-refractivity contribution is -0.135. The molecule has 28 heavy (non-hydrogen) atoms. The van der Waals surface area contributed by atoms with E-state index in [1.807, 2.05) is 35.2 Å². The molecule has 9 heteroatoms. The van der Waals surface area contributed by atoms with E-state index in [1.54, 1.807) is 23.3 Å². The molecule has 4 rings (SSSR count). The van der Waals surface area contributed by atoms with Gasteiger partial charge in [-0.05, 0) is 12.0 Å². The molecule has 1 aromatic carbocycles. The van der Waals surface area contributed by atoms with Gasteiger partial charge in [-0.3, -0.25) is 9.48 Å². The topological polar surface area (TPSA) is 88.0 Å². The molecule has 0 aliphatic carbocycles. The van der Waals surface area contributed by atoms with Crippen molar-refractivity contribution < 1.29 is 4.79 Å². The van der Waals surface area contributed by atoms with Gasteiger partial charge >= 0.3 is 0 Å². The molecule has 1 amide bonds. The minimum Gasteiger partial charge on any atom is -0.365 e. The summed E-state index contributed by atoms with van der Waals surface area (Å²) >= 11 is 6.20. The maximum atomic E-state index is 12.0. The number of benzene rings is 1. The largest absolute Gasteiger partial charge is 0.365 e. The molecule has 0 bridgehead atoms. The quantitative estimate of drug-likeness (QED) is 0.637. The summed E-state index contributed by atoms with van der Waals surface area (Å²) in [5.74, 6) is 1.02. The predicted molar refractivity (Wildman–Crippen MR) is 108 cm³/mol. The van der Waals surface area contributed by atoms with Crippen molar-refractivity contribution in [2.45, 2.75) is 19.5 Å². The van der Waals surface area contributed by atoms with Gasteiger partial charge in [0.2, 0.25) is 11.9 Å². The second-order valence-electron chi connectivity index (χ2n) is 6.52. The van der Waals surface area contributed by atoms with Crippen LogP contribution in [0.4, 0.5) is 17.5 Å². The predicted octanol–water partition coefficient (Wildman–Crippen LogP) is 2.91. The summed E-state index contributed by atoms with van der Waals surface area (Å²) < 4.78 is 1.60. The van der Waals surface area contributed by atoms with Crippen LogP contribution in [-0.4, -0.2) is 43.6 Å². The van der Waals surface area contributed by atoms with E-state index >= 15 is 0 Å². The molecule has 1 aliphatic heterocycles. The number of nitrogens with zero attached hydrogens (tertiary/aromatic N) is 5. The zero-order valence-electron chi connectivity index (χ0n) is 15.2. The maximum absolute atomic E-state index is 12.0. The fourth-order valence-corrected chi connectivity index (χ4v) is 2.94. The van der Waals surface area contributed by atoms with Crippen LogP contribution in [0.2, 0.25) is 5.02 Å². The molecule has 0 saturated carbocycles. The first kappa shape index (κ1) is 18.2. The number of rotatable bonds is 7. The van der Waals surface area contributed by atoms with Crippen molar-refractivity contribution in [3.8, 4) is 0 Å². The van der Waals surface area contributed by atoms with E-state index in [-0.39, 0.29) is 12.5 Å². The highest BCUT2D eigenvalue weighted by atomic mass is 35.5. The van der Waals surface area contributed by atoms with Crippen LogP contribution in [0.3, 0.4) is 0 Å².